The van der Waals surface area contributed by atoms with Gasteiger partial charge in [-0.05, 0) is 0 Å². The predicted molar refractivity (Wildman–Crippen MR) is 94.3 cm³/mol. The molecule has 0 spiro atoms. The van der Waals surface area contributed by atoms with E-state index >= 15 is 0 Å². The fourth-order valence-corrected chi connectivity index (χ4v) is 2.24. The molecule has 0 aliphatic heterocycles. The normalized spacial score (nSPS) is 9.55. The molecule has 0 aromatic heterocycles. The van der Waals surface area contributed by atoms with Crippen LogP contribution in [0.25, 0.3) is 0 Å². The molecule has 0 aromatic rings. The van der Waals surface area contributed by atoms with E-state index in [0.717, 1.165) is 25.7 Å². The first-order valence-electron chi connectivity index (χ1n) is 7.89. The van der Waals surface area contributed by atoms with Crippen molar-refractivity contribution in [3.63, 3.8) is 0 Å². The summed E-state index contributed by atoms with van der Waals surface area (Å²) in [6.45, 7) is 4.28. The average Bonchev–Trinajstić information content (AvgIpc) is 2.48. The van der Waals surface area contributed by atoms with Gasteiger partial charge >= 0.3 is 150 Å². The third-order valence-corrected chi connectivity index (χ3v) is 4.58. The minimum atomic E-state index is -0.804. The van der Waals surface area contributed by atoms with Crippen LogP contribution in [-0.2, 0) is 9.59 Å². The van der Waals surface area contributed by atoms with E-state index in [-0.39, 0.29) is 0 Å². The number of unbranched alkanes of at least 4 members (excludes halogenated alkanes) is 6. The second-order valence-electron chi connectivity index (χ2n) is 5.08. The Balaban J connectivity index is 0. The zero-order valence-electron chi connectivity index (χ0n) is 13.6. The van der Waals surface area contributed by atoms with Gasteiger partial charge in [0.05, 0.1) is 0 Å². The molecule has 128 valence electrons. The molecule has 0 saturated carbocycles. The molecule has 0 amide bonds. The van der Waals surface area contributed by atoms with Gasteiger partial charge in [0.15, 0.2) is 0 Å². The molecular weight excluding hydrogens is 414 g/mol. The molecule has 0 aromatic carbocycles. The fourth-order valence-electron chi connectivity index (χ4n) is 1.64. The minimum absolute atomic E-state index is 0.459. The van der Waals surface area contributed by atoms with Crippen molar-refractivity contribution in [2.75, 3.05) is 0 Å². The van der Waals surface area contributed by atoms with E-state index in [1.54, 1.807) is 0 Å². The summed E-state index contributed by atoms with van der Waals surface area (Å²) < 4.78 is 0.919. The van der Waals surface area contributed by atoms with Crippen LogP contribution in [0.3, 0.4) is 0 Å². The summed E-state index contributed by atoms with van der Waals surface area (Å²) in [5, 5.41) is 16.9. The Morgan fingerprint density at radius 1 is 0.682 bits per heavy atom. The molecular formula is C16H28O4Se2. The van der Waals surface area contributed by atoms with Gasteiger partial charge in [-0.1, -0.05) is 0 Å². The molecule has 0 atom stereocenters. The number of aliphatic carboxylic acids is 2. The van der Waals surface area contributed by atoms with Crippen LogP contribution in [0.15, 0.2) is 0 Å². The van der Waals surface area contributed by atoms with Gasteiger partial charge in [-0.2, -0.15) is 0 Å². The van der Waals surface area contributed by atoms with Gasteiger partial charge in [0.25, 0.3) is 0 Å². The summed E-state index contributed by atoms with van der Waals surface area (Å²) in [5.41, 5.74) is 0. The summed E-state index contributed by atoms with van der Waals surface area (Å²) in [7, 11) is 0. The van der Waals surface area contributed by atoms with Crippen molar-refractivity contribution in [2.24, 2.45) is 0 Å². The maximum absolute atomic E-state index is 10.3. The number of carbonyl (C=O) groups is 2. The number of carboxylic acid groups (broad SMARTS) is 2. The van der Waals surface area contributed by atoms with Gasteiger partial charge in [0.2, 0.25) is 0 Å². The van der Waals surface area contributed by atoms with Crippen LogP contribution in [-0.4, -0.2) is 62.1 Å². The number of carboxylic acids is 2. The molecule has 6 heteroatoms. The molecule has 0 bridgehead atoms. The van der Waals surface area contributed by atoms with Crippen molar-refractivity contribution in [3.05, 3.63) is 0 Å². The summed E-state index contributed by atoms with van der Waals surface area (Å²) in [5.74, 6) is -1.61. The van der Waals surface area contributed by atoms with E-state index in [0.29, 0.717) is 21.7 Å². The molecule has 2 N–H and O–H groups in total. The van der Waals surface area contributed by atoms with Crippen molar-refractivity contribution >= 4 is 51.9 Å². The van der Waals surface area contributed by atoms with E-state index in [2.05, 4.69) is 45.0 Å². The van der Waals surface area contributed by atoms with E-state index in [1.165, 1.54) is 25.7 Å². The topological polar surface area (TPSA) is 74.6 Å². The molecule has 22 heavy (non-hydrogen) atoms. The van der Waals surface area contributed by atoms with Crippen molar-refractivity contribution in [3.8, 4) is 0 Å². The van der Waals surface area contributed by atoms with Gasteiger partial charge in [0.1, 0.15) is 0 Å². The quantitative estimate of drug-likeness (QED) is 0.360. The molecule has 0 saturated heterocycles. The van der Waals surface area contributed by atoms with E-state index in [9.17, 15) is 9.59 Å². The SMILES string of the molecule is CCCCCCC(=[Se])C(=O)O.CCCCCCC(=[Se])C(=O)O. The molecule has 0 unspecified atom stereocenters. The zero-order chi connectivity index (χ0) is 17.4. The van der Waals surface area contributed by atoms with E-state index in [1.807, 2.05) is 0 Å². The molecule has 0 heterocycles. The van der Waals surface area contributed by atoms with E-state index in [4.69, 9.17) is 10.2 Å². The standard InChI is InChI=1S/2C8H14O2Se/c2*1-2-3-4-5-6-7(11)8(9)10/h2*2-6H2,1H3,(H,9,10). The summed E-state index contributed by atoms with van der Waals surface area (Å²) in [6.07, 6.45) is 10.4. The molecule has 0 fully saturated rings. The molecule has 0 aliphatic carbocycles. The Labute approximate surface area is 149 Å². The first-order chi connectivity index (χ1) is 10.4. The average molecular weight is 442 g/mol. The van der Waals surface area contributed by atoms with Crippen molar-refractivity contribution in [1.82, 2.24) is 0 Å². The summed E-state index contributed by atoms with van der Waals surface area (Å²) in [4.78, 5) is 20.6. The first-order valence-corrected chi connectivity index (χ1v) is 9.60. The van der Waals surface area contributed by atoms with Crippen LogP contribution in [0.4, 0.5) is 0 Å². The molecule has 0 aliphatic rings. The molecule has 0 radical (unpaired) electrons. The Morgan fingerprint density at radius 3 is 1.23 bits per heavy atom. The van der Waals surface area contributed by atoms with Crippen LogP contribution in [0.2, 0.25) is 0 Å². The Kier molecular flexibility index (Phi) is 18.6. The first kappa shape index (κ1) is 24.0. The number of hydrogen-bond donors (Lipinski definition) is 2. The van der Waals surface area contributed by atoms with Gasteiger partial charge in [-0.25, -0.2) is 0 Å². The van der Waals surface area contributed by atoms with Gasteiger partial charge in [0, 0.05) is 0 Å². The van der Waals surface area contributed by atoms with Gasteiger partial charge < -0.3 is 0 Å². The maximum atomic E-state index is 10.3. The second kappa shape index (κ2) is 17.1. The van der Waals surface area contributed by atoms with Crippen LogP contribution < -0.4 is 0 Å². The summed E-state index contributed by atoms with van der Waals surface area (Å²) >= 11 is 5.14. The third-order valence-electron chi connectivity index (χ3n) is 2.99. The Hall–Kier alpha value is -0.281. The van der Waals surface area contributed by atoms with Gasteiger partial charge in [-0.3, -0.25) is 0 Å². The van der Waals surface area contributed by atoms with Gasteiger partial charge in [-0.15, -0.1) is 0 Å². The molecule has 4 nitrogen and oxygen atoms in total. The summed E-state index contributed by atoms with van der Waals surface area (Å²) in [6, 6.07) is 0. The second-order valence-corrected chi connectivity index (χ2v) is 7.15. The van der Waals surface area contributed by atoms with Crippen LogP contribution in [0.1, 0.15) is 78.1 Å². The van der Waals surface area contributed by atoms with Crippen molar-refractivity contribution in [1.29, 1.82) is 0 Å². The zero-order valence-corrected chi connectivity index (χ0v) is 17.0. The predicted octanol–water partition coefficient (Wildman–Crippen LogP) is 2.76. The monoisotopic (exact) mass is 444 g/mol. The van der Waals surface area contributed by atoms with Crippen LogP contribution in [0, 0.1) is 0 Å². The van der Waals surface area contributed by atoms with E-state index < -0.39 is 11.9 Å². The fraction of sp³-hybridized carbons (Fsp3) is 0.750. The van der Waals surface area contributed by atoms with Crippen LogP contribution in [0.5, 0.6) is 0 Å². The molecule has 0 rings (SSSR count). The Morgan fingerprint density at radius 2 is 1.00 bits per heavy atom. The Bertz CT molecular complexity index is 320. The van der Waals surface area contributed by atoms with Crippen LogP contribution >= 0.6 is 0 Å². The number of hydrogen-bond acceptors (Lipinski definition) is 2. The number of rotatable bonds is 12. The van der Waals surface area contributed by atoms with Crippen molar-refractivity contribution < 1.29 is 19.8 Å². The van der Waals surface area contributed by atoms with Crippen molar-refractivity contribution in [2.45, 2.75) is 78.1 Å². The third kappa shape index (κ3) is 17.8.